The second-order valence-electron chi connectivity index (χ2n) is 6.77. The number of carboxylic acids is 1. The fraction of sp³-hybridized carbons (Fsp3) is 0.174. The van der Waals surface area contributed by atoms with Gasteiger partial charge in [-0.15, -0.1) is 0 Å². The number of pyridine rings is 1. The van der Waals surface area contributed by atoms with Gasteiger partial charge >= 0.3 is 12.1 Å². The first-order chi connectivity index (χ1) is 14.6. The minimum absolute atomic E-state index is 0.00218. The zero-order chi connectivity index (χ0) is 20.9. The molecule has 1 aromatic heterocycles. The minimum atomic E-state index is -1.13. The third-order valence-electron chi connectivity index (χ3n) is 4.91. The molecule has 0 saturated carbocycles. The number of carboxylic acid groups (broad SMARTS) is 1. The van der Waals surface area contributed by atoms with Crippen molar-refractivity contribution in [3.63, 3.8) is 0 Å². The van der Waals surface area contributed by atoms with Gasteiger partial charge in [-0.3, -0.25) is 0 Å². The highest BCUT2D eigenvalue weighted by Crippen LogP contribution is 2.44. The zero-order valence-electron chi connectivity index (χ0n) is 16.1. The molecule has 7 heteroatoms. The van der Waals surface area contributed by atoms with E-state index in [0.717, 1.165) is 11.1 Å². The van der Waals surface area contributed by atoms with Crippen LogP contribution in [0.2, 0.25) is 0 Å². The predicted octanol–water partition coefficient (Wildman–Crippen LogP) is 3.70. The number of hydrogen-bond donors (Lipinski definition) is 2. The lowest BCUT2D eigenvalue weighted by atomic mass is 9.98. The maximum absolute atomic E-state index is 12.1. The number of ether oxygens (including phenoxy) is 2. The molecule has 0 unspecified atom stereocenters. The van der Waals surface area contributed by atoms with Gasteiger partial charge in [0.05, 0.1) is 6.54 Å². The molecular weight excluding hydrogens is 384 g/mol. The highest BCUT2D eigenvalue weighted by Gasteiger charge is 2.28. The first kappa shape index (κ1) is 19.4. The highest BCUT2D eigenvalue weighted by molar-refractivity contribution is 5.85. The normalized spacial score (nSPS) is 12.0. The molecule has 0 aliphatic heterocycles. The van der Waals surface area contributed by atoms with Crippen LogP contribution in [-0.2, 0) is 4.74 Å². The van der Waals surface area contributed by atoms with E-state index in [1.807, 2.05) is 24.3 Å². The number of aromatic nitrogens is 1. The summed E-state index contributed by atoms with van der Waals surface area (Å²) in [6, 6.07) is 20.8. The first-order valence-corrected chi connectivity index (χ1v) is 9.55. The summed E-state index contributed by atoms with van der Waals surface area (Å²) in [6.07, 6.45) is -0.535. The number of aromatic carboxylic acids is 1. The van der Waals surface area contributed by atoms with Crippen molar-refractivity contribution < 1.29 is 24.2 Å². The number of nitrogens with zero attached hydrogens (tertiary/aromatic N) is 1. The van der Waals surface area contributed by atoms with Crippen molar-refractivity contribution in [1.29, 1.82) is 0 Å². The summed E-state index contributed by atoms with van der Waals surface area (Å²) in [5.41, 5.74) is 4.55. The summed E-state index contributed by atoms with van der Waals surface area (Å²) in [6.45, 7) is 0.582. The topological polar surface area (TPSA) is 97.8 Å². The van der Waals surface area contributed by atoms with Crippen molar-refractivity contribution in [2.45, 2.75) is 5.92 Å². The van der Waals surface area contributed by atoms with Gasteiger partial charge < -0.3 is 19.9 Å². The predicted molar refractivity (Wildman–Crippen MR) is 110 cm³/mol. The molecule has 0 saturated heterocycles. The largest absolute Gasteiger partial charge is 0.477 e. The quantitative estimate of drug-likeness (QED) is 0.583. The molecule has 1 aliphatic rings. The number of rotatable bonds is 7. The Morgan fingerprint density at radius 2 is 1.60 bits per heavy atom. The van der Waals surface area contributed by atoms with Gasteiger partial charge in [0.25, 0.3) is 0 Å². The Labute approximate surface area is 173 Å². The molecule has 2 aromatic carbocycles. The fourth-order valence-corrected chi connectivity index (χ4v) is 3.57. The minimum Gasteiger partial charge on any atom is -0.477 e. The third-order valence-corrected chi connectivity index (χ3v) is 4.91. The number of carbonyl (C=O) groups excluding carboxylic acids is 1. The monoisotopic (exact) mass is 404 g/mol. The Balaban J connectivity index is 1.28. The third kappa shape index (κ3) is 4.10. The fourth-order valence-electron chi connectivity index (χ4n) is 3.57. The standard InChI is InChI=1S/C23H20N2O5/c26-22(27)20-10-5-11-21(25-20)29-13-12-24-23(28)30-14-19-17-8-3-1-6-15(17)16-7-2-4-9-18(16)19/h1-11,19H,12-14H2,(H,24,28)(H,26,27). The molecule has 3 aromatic rings. The lowest BCUT2D eigenvalue weighted by Crippen LogP contribution is -2.30. The van der Waals surface area contributed by atoms with Gasteiger partial charge in [-0.25, -0.2) is 14.6 Å². The van der Waals surface area contributed by atoms with E-state index in [1.54, 1.807) is 12.1 Å². The van der Waals surface area contributed by atoms with Crippen LogP contribution in [0.1, 0.15) is 27.5 Å². The van der Waals surface area contributed by atoms with Gasteiger partial charge in [0.2, 0.25) is 5.88 Å². The van der Waals surface area contributed by atoms with E-state index >= 15 is 0 Å². The van der Waals surface area contributed by atoms with Crippen molar-refractivity contribution in [2.24, 2.45) is 0 Å². The Kier molecular flexibility index (Phi) is 5.61. The lowest BCUT2D eigenvalue weighted by molar-refractivity contribution is 0.0689. The summed E-state index contributed by atoms with van der Waals surface area (Å²) in [5, 5.41) is 11.6. The zero-order valence-corrected chi connectivity index (χ0v) is 16.1. The van der Waals surface area contributed by atoms with Gasteiger partial charge in [0.1, 0.15) is 13.2 Å². The summed E-state index contributed by atoms with van der Waals surface area (Å²) < 4.78 is 10.8. The van der Waals surface area contributed by atoms with Gasteiger partial charge in [-0.1, -0.05) is 54.6 Å². The molecule has 7 nitrogen and oxygen atoms in total. The van der Waals surface area contributed by atoms with Crippen molar-refractivity contribution in [3.8, 4) is 17.0 Å². The molecule has 1 amide bonds. The number of carbonyl (C=O) groups is 2. The molecule has 1 heterocycles. The van der Waals surface area contributed by atoms with Crippen molar-refractivity contribution in [3.05, 3.63) is 83.6 Å². The van der Waals surface area contributed by atoms with Gasteiger partial charge in [-0.2, -0.15) is 0 Å². The van der Waals surface area contributed by atoms with Gasteiger partial charge in [-0.05, 0) is 28.3 Å². The average Bonchev–Trinajstić information content (AvgIpc) is 3.09. The lowest BCUT2D eigenvalue weighted by Gasteiger charge is -2.14. The van der Waals surface area contributed by atoms with E-state index in [4.69, 9.17) is 14.6 Å². The molecule has 0 fully saturated rings. The van der Waals surface area contributed by atoms with E-state index in [1.165, 1.54) is 17.2 Å². The number of amides is 1. The van der Waals surface area contributed by atoms with Gasteiger partial charge in [0, 0.05) is 12.0 Å². The Bertz CT molecular complexity index is 1040. The van der Waals surface area contributed by atoms with E-state index < -0.39 is 12.1 Å². The van der Waals surface area contributed by atoms with E-state index in [2.05, 4.69) is 34.6 Å². The van der Waals surface area contributed by atoms with Gasteiger partial charge in [0.15, 0.2) is 5.69 Å². The highest BCUT2D eigenvalue weighted by atomic mass is 16.5. The molecule has 0 atom stereocenters. The van der Waals surface area contributed by atoms with Crippen molar-refractivity contribution in [2.75, 3.05) is 19.8 Å². The molecule has 4 rings (SSSR count). The maximum atomic E-state index is 12.1. The Morgan fingerprint density at radius 3 is 2.27 bits per heavy atom. The second-order valence-corrected chi connectivity index (χ2v) is 6.77. The number of alkyl carbamates (subject to hydrolysis) is 1. The Hall–Kier alpha value is -3.87. The van der Waals surface area contributed by atoms with Crippen LogP contribution in [0.3, 0.4) is 0 Å². The van der Waals surface area contributed by atoms with Crippen LogP contribution in [-0.4, -0.2) is 41.9 Å². The van der Waals surface area contributed by atoms with Crippen LogP contribution in [0.15, 0.2) is 66.7 Å². The van der Waals surface area contributed by atoms with E-state index in [-0.39, 0.29) is 37.3 Å². The Morgan fingerprint density at radius 1 is 0.933 bits per heavy atom. The average molecular weight is 404 g/mol. The number of nitrogens with one attached hydrogen (secondary N) is 1. The number of hydrogen-bond acceptors (Lipinski definition) is 5. The van der Waals surface area contributed by atoms with E-state index in [0.29, 0.717) is 0 Å². The summed E-state index contributed by atoms with van der Waals surface area (Å²) >= 11 is 0. The maximum Gasteiger partial charge on any atom is 0.407 e. The van der Waals surface area contributed by atoms with E-state index in [9.17, 15) is 9.59 Å². The number of fused-ring (bicyclic) bond motifs is 3. The molecule has 152 valence electrons. The SMILES string of the molecule is O=C(NCCOc1cccc(C(=O)O)n1)OCC1c2ccccc2-c2ccccc21. The smallest absolute Gasteiger partial charge is 0.407 e. The first-order valence-electron chi connectivity index (χ1n) is 9.55. The summed E-state index contributed by atoms with van der Waals surface area (Å²) in [7, 11) is 0. The molecule has 1 aliphatic carbocycles. The molecule has 0 bridgehead atoms. The van der Waals surface area contributed by atoms with Crippen molar-refractivity contribution in [1.82, 2.24) is 10.3 Å². The molecule has 30 heavy (non-hydrogen) atoms. The summed E-state index contributed by atoms with van der Waals surface area (Å²) in [4.78, 5) is 26.9. The molecule has 0 radical (unpaired) electrons. The molecule has 0 spiro atoms. The molecular formula is C23H20N2O5. The van der Waals surface area contributed by atoms with Crippen LogP contribution in [0.25, 0.3) is 11.1 Å². The van der Waals surface area contributed by atoms with Crippen molar-refractivity contribution >= 4 is 12.1 Å². The number of benzene rings is 2. The summed E-state index contributed by atoms with van der Waals surface area (Å²) in [5.74, 6) is -0.941. The second kappa shape index (κ2) is 8.65. The van der Waals surface area contributed by atoms with Crippen LogP contribution in [0.4, 0.5) is 4.79 Å². The van der Waals surface area contributed by atoms with Crippen LogP contribution in [0, 0.1) is 0 Å². The van der Waals surface area contributed by atoms with Crippen LogP contribution < -0.4 is 10.1 Å². The molecule has 2 N–H and O–H groups in total. The van der Waals surface area contributed by atoms with Crippen LogP contribution >= 0.6 is 0 Å². The van der Waals surface area contributed by atoms with Crippen LogP contribution in [0.5, 0.6) is 5.88 Å².